The molecule has 3 aromatic rings. The molecule has 2 N–H and O–H groups in total. The van der Waals surface area contributed by atoms with Crippen LogP contribution < -0.4 is 15.5 Å². The highest BCUT2D eigenvalue weighted by Crippen LogP contribution is 2.30. The third kappa shape index (κ3) is 5.34. The van der Waals surface area contributed by atoms with Crippen LogP contribution in [0, 0.1) is 13.8 Å². The van der Waals surface area contributed by atoms with E-state index in [4.69, 9.17) is 11.6 Å². The molecule has 1 aliphatic rings. The number of carbonyl (C=O) groups excluding carboxylic acids is 3. The number of hydrogen-bond donors (Lipinski definition) is 2. The standard InChI is InChI=1S/C29H28ClN3O3/c1-4-5-7-20-11-13-23(14-12-20)33-28(35)25(30)26(29(33)36)31-22-9-6-8-21(17-22)27(34)32-24-15-10-18(2)16-19(24)3/h6,8-17,31H,4-5,7H2,1-3H3,(H,32,34). The third-order valence-electron chi connectivity index (χ3n) is 6.07. The van der Waals surface area contributed by atoms with Crippen LogP contribution in [0.2, 0.25) is 0 Å². The van der Waals surface area contributed by atoms with Crippen molar-refractivity contribution in [2.24, 2.45) is 0 Å². The molecular weight excluding hydrogens is 474 g/mol. The number of halogens is 1. The first-order chi connectivity index (χ1) is 17.3. The molecule has 0 fully saturated rings. The van der Waals surface area contributed by atoms with Crippen LogP contribution in [-0.2, 0) is 16.0 Å². The molecule has 36 heavy (non-hydrogen) atoms. The van der Waals surface area contributed by atoms with Gasteiger partial charge in [-0.3, -0.25) is 14.4 Å². The molecule has 0 saturated heterocycles. The Balaban J connectivity index is 1.50. The van der Waals surface area contributed by atoms with E-state index in [-0.39, 0.29) is 16.6 Å². The molecular formula is C29H28ClN3O3. The minimum Gasteiger partial charge on any atom is -0.350 e. The number of benzene rings is 3. The quantitative estimate of drug-likeness (QED) is 0.353. The molecule has 0 saturated carbocycles. The van der Waals surface area contributed by atoms with Crippen molar-refractivity contribution in [2.75, 3.05) is 15.5 Å². The zero-order chi connectivity index (χ0) is 25.8. The molecule has 1 heterocycles. The summed E-state index contributed by atoms with van der Waals surface area (Å²) in [5, 5.41) is 5.66. The maximum Gasteiger partial charge on any atom is 0.283 e. The van der Waals surface area contributed by atoms with Gasteiger partial charge in [-0.25, -0.2) is 4.90 Å². The Kier molecular flexibility index (Phi) is 7.55. The fourth-order valence-corrected chi connectivity index (χ4v) is 4.28. The number of imide groups is 1. The largest absolute Gasteiger partial charge is 0.350 e. The third-order valence-corrected chi connectivity index (χ3v) is 6.42. The van der Waals surface area contributed by atoms with Gasteiger partial charge in [-0.15, -0.1) is 0 Å². The summed E-state index contributed by atoms with van der Waals surface area (Å²) >= 11 is 6.28. The highest BCUT2D eigenvalue weighted by Gasteiger charge is 2.39. The number of nitrogens with one attached hydrogen (secondary N) is 2. The number of aryl methyl sites for hydroxylation is 3. The lowest BCUT2D eigenvalue weighted by Crippen LogP contribution is -2.32. The van der Waals surface area contributed by atoms with E-state index in [1.54, 1.807) is 36.4 Å². The van der Waals surface area contributed by atoms with E-state index in [1.807, 2.05) is 44.2 Å². The zero-order valence-corrected chi connectivity index (χ0v) is 21.3. The number of nitrogens with zero attached hydrogens (tertiary/aromatic N) is 1. The SMILES string of the molecule is CCCCc1ccc(N2C(=O)C(Cl)=C(Nc3cccc(C(=O)Nc4ccc(C)cc4C)c3)C2=O)cc1. The van der Waals surface area contributed by atoms with Crippen molar-refractivity contribution in [1.29, 1.82) is 0 Å². The number of unbranched alkanes of at least 4 members (excludes halogenated alkanes) is 1. The van der Waals surface area contributed by atoms with Crippen LogP contribution in [0.4, 0.5) is 17.1 Å². The Bertz CT molecular complexity index is 1360. The summed E-state index contributed by atoms with van der Waals surface area (Å²) < 4.78 is 0. The summed E-state index contributed by atoms with van der Waals surface area (Å²) in [4.78, 5) is 39.9. The highest BCUT2D eigenvalue weighted by atomic mass is 35.5. The molecule has 0 spiro atoms. The van der Waals surface area contributed by atoms with Gasteiger partial charge in [-0.05, 0) is 74.2 Å². The van der Waals surface area contributed by atoms with Crippen LogP contribution in [-0.4, -0.2) is 17.7 Å². The molecule has 3 aromatic carbocycles. The van der Waals surface area contributed by atoms with Crippen molar-refractivity contribution in [3.05, 3.63) is 99.7 Å². The van der Waals surface area contributed by atoms with Crippen LogP contribution in [0.1, 0.15) is 46.8 Å². The van der Waals surface area contributed by atoms with E-state index < -0.39 is 11.8 Å². The average molecular weight is 502 g/mol. The van der Waals surface area contributed by atoms with Crippen LogP contribution >= 0.6 is 11.6 Å². The molecule has 0 bridgehead atoms. The zero-order valence-electron chi connectivity index (χ0n) is 20.5. The lowest BCUT2D eigenvalue weighted by atomic mass is 10.1. The Hall–Kier alpha value is -3.90. The molecule has 0 radical (unpaired) electrons. The fourth-order valence-electron chi connectivity index (χ4n) is 4.07. The first kappa shape index (κ1) is 25.2. The summed E-state index contributed by atoms with van der Waals surface area (Å²) in [5.41, 5.74) is 5.24. The monoisotopic (exact) mass is 501 g/mol. The average Bonchev–Trinajstić information content (AvgIpc) is 3.08. The normalized spacial score (nSPS) is 13.4. The first-order valence-electron chi connectivity index (χ1n) is 11.9. The van der Waals surface area contributed by atoms with Crippen molar-refractivity contribution in [3.8, 4) is 0 Å². The number of anilines is 3. The van der Waals surface area contributed by atoms with Crippen molar-refractivity contribution in [2.45, 2.75) is 40.0 Å². The van der Waals surface area contributed by atoms with Crippen molar-refractivity contribution >= 4 is 46.4 Å². The Morgan fingerprint density at radius 3 is 2.39 bits per heavy atom. The molecule has 184 valence electrons. The van der Waals surface area contributed by atoms with Crippen LogP contribution in [0.15, 0.2) is 77.5 Å². The van der Waals surface area contributed by atoms with E-state index in [9.17, 15) is 14.4 Å². The number of hydrogen-bond acceptors (Lipinski definition) is 4. The van der Waals surface area contributed by atoms with Crippen molar-refractivity contribution in [1.82, 2.24) is 0 Å². The van der Waals surface area contributed by atoms with Crippen molar-refractivity contribution < 1.29 is 14.4 Å². The van der Waals surface area contributed by atoms with E-state index in [1.165, 1.54) is 0 Å². The second kappa shape index (κ2) is 10.8. The van der Waals surface area contributed by atoms with Gasteiger partial charge in [-0.2, -0.15) is 0 Å². The molecule has 1 aliphatic heterocycles. The second-order valence-corrected chi connectivity index (χ2v) is 9.26. The smallest absolute Gasteiger partial charge is 0.283 e. The van der Waals surface area contributed by atoms with Crippen LogP contribution in [0.3, 0.4) is 0 Å². The maximum atomic E-state index is 13.1. The van der Waals surface area contributed by atoms with Gasteiger partial charge >= 0.3 is 0 Å². The molecule has 4 rings (SSSR count). The van der Waals surface area contributed by atoms with E-state index in [0.717, 1.165) is 46.5 Å². The summed E-state index contributed by atoms with van der Waals surface area (Å²) in [6.45, 7) is 6.06. The predicted molar refractivity (Wildman–Crippen MR) is 144 cm³/mol. The number of rotatable bonds is 8. The Morgan fingerprint density at radius 1 is 0.944 bits per heavy atom. The molecule has 3 amide bonds. The van der Waals surface area contributed by atoms with Crippen LogP contribution in [0.5, 0.6) is 0 Å². The van der Waals surface area contributed by atoms with Gasteiger partial charge in [0.1, 0.15) is 10.7 Å². The van der Waals surface area contributed by atoms with Crippen LogP contribution in [0.25, 0.3) is 0 Å². The molecule has 0 atom stereocenters. The lowest BCUT2D eigenvalue weighted by Gasteiger charge is -2.16. The van der Waals surface area contributed by atoms with Gasteiger partial charge in [0.25, 0.3) is 17.7 Å². The predicted octanol–water partition coefficient (Wildman–Crippen LogP) is 6.33. The summed E-state index contributed by atoms with van der Waals surface area (Å²) in [6.07, 6.45) is 3.11. The Labute approximate surface area is 216 Å². The second-order valence-electron chi connectivity index (χ2n) is 8.88. The molecule has 0 unspecified atom stereocenters. The minimum absolute atomic E-state index is 0.0244. The molecule has 0 aliphatic carbocycles. The molecule has 6 nitrogen and oxygen atoms in total. The summed E-state index contributed by atoms with van der Waals surface area (Å²) in [7, 11) is 0. The highest BCUT2D eigenvalue weighted by molar-refractivity contribution is 6.53. The molecule has 0 aromatic heterocycles. The first-order valence-corrected chi connectivity index (χ1v) is 12.3. The molecule has 7 heteroatoms. The van der Waals surface area contributed by atoms with Gasteiger partial charge in [0.05, 0.1) is 5.69 Å². The topological polar surface area (TPSA) is 78.5 Å². The van der Waals surface area contributed by atoms with E-state index in [2.05, 4.69) is 17.6 Å². The fraction of sp³-hybridized carbons (Fsp3) is 0.207. The number of amides is 3. The van der Waals surface area contributed by atoms with E-state index >= 15 is 0 Å². The van der Waals surface area contributed by atoms with Gasteiger partial charge in [0.2, 0.25) is 0 Å². The van der Waals surface area contributed by atoms with Gasteiger partial charge in [-0.1, -0.05) is 60.8 Å². The van der Waals surface area contributed by atoms with E-state index in [0.29, 0.717) is 16.9 Å². The van der Waals surface area contributed by atoms with Gasteiger partial charge in [0.15, 0.2) is 0 Å². The lowest BCUT2D eigenvalue weighted by molar-refractivity contribution is -0.120. The van der Waals surface area contributed by atoms with Gasteiger partial charge < -0.3 is 10.6 Å². The summed E-state index contributed by atoms with van der Waals surface area (Å²) in [5.74, 6) is -1.42. The van der Waals surface area contributed by atoms with Crippen molar-refractivity contribution in [3.63, 3.8) is 0 Å². The number of carbonyl (C=O) groups is 3. The summed E-state index contributed by atoms with van der Waals surface area (Å²) in [6, 6.07) is 19.8. The minimum atomic E-state index is -0.589. The van der Waals surface area contributed by atoms with Gasteiger partial charge in [0, 0.05) is 16.9 Å². The maximum absolute atomic E-state index is 13.1. The Morgan fingerprint density at radius 2 is 1.69 bits per heavy atom.